The number of rotatable bonds is 10. The summed E-state index contributed by atoms with van der Waals surface area (Å²) >= 11 is 0. The van der Waals surface area contributed by atoms with Crippen molar-refractivity contribution in [3.8, 4) is 0 Å². The van der Waals surface area contributed by atoms with Gasteiger partial charge in [-0.25, -0.2) is 0 Å². The van der Waals surface area contributed by atoms with Crippen molar-refractivity contribution >= 4 is 23.3 Å². The number of carbonyl (C=O) groups is 4. The largest absolute Gasteiger partial charge is 0.465 e. The minimum absolute atomic E-state index is 0.102. The van der Waals surface area contributed by atoms with Gasteiger partial charge >= 0.3 is 5.97 Å². The minimum atomic E-state index is -0.969. The Hall–Kier alpha value is -3.08. The standard InChI is InChI=1S/C24H32O4.C13H20O/c1-6-28-23(27)20(22(26)18-12-8-7-9-13-18)17(3)15-19(25)21-16(2)11-10-14-24(21,4)5;1-5-7-11(14)12-10(2)8-6-9-13(12,3)4/h7-13,16-17,20-21H,6,14-15H2,1-5H3;5-8,10,12H,9H2,1-4H3/b;7-5+. The number of carbonyl (C=O) groups excluding carboxylic acids is 4. The van der Waals surface area contributed by atoms with Crippen molar-refractivity contribution < 1.29 is 23.9 Å². The molecule has 1 aromatic carbocycles. The summed E-state index contributed by atoms with van der Waals surface area (Å²) in [7, 11) is 0. The van der Waals surface area contributed by atoms with Gasteiger partial charge in [0, 0.05) is 23.8 Å². The van der Waals surface area contributed by atoms with Gasteiger partial charge in [0.2, 0.25) is 0 Å². The van der Waals surface area contributed by atoms with E-state index in [0.29, 0.717) is 11.5 Å². The van der Waals surface area contributed by atoms with Crippen molar-refractivity contribution in [1.29, 1.82) is 0 Å². The number of allylic oxidation sites excluding steroid dienone is 6. The van der Waals surface area contributed by atoms with Gasteiger partial charge < -0.3 is 4.74 Å². The van der Waals surface area contributed by atoms with Gasteiger partial charge in [0.1, 0.15) is 11.7 Å². The first kappa shape index (κ1) is 35.1. The van der Waals surface area contributed by atoms with Crippen LogP contribution in [0.15, 0.2) is 66.8 Å². The van der Waals surface area contributed by atoms with Crippen LogP contribution < -0.4 is 0 Å². The Kier molecular flexibility index (Phi) is 12.9. The molecule has 0 fully saturated rings. The number of ketones is 3. The van der Waals surface area contributed by atoms with E-state index in [1.54, 1.807) is 44.2 Å². The molecule has 1 aromatic rings. The van der Waals surface area contributed by atoms with Crippen LogP contribution in [-0.2, 0) is 19.1 Å². The number of hydrogen-bond acceptors (Lipinski definition) is 5. The van der Waals surface area contributed by atoms with E-state index in [1.807, 2.05) is 19.1 Å². The highest BCUT2D eigenvalue weighted by Gasteiger charge is 2.42. The lowest BCUT2D eigenvalue weighted by Gasteiger charge is -2.39. The summed E-state index contributed by atoms with van der Waals surface area (Å²) in [6, 6.07) is 8.75. The SMILES string of the molecule is C/C=C/C(=O)C1C(C)C=CCC1(C)C.CCOC(=O)C(C(=O)c1ccccc1)C(C)CC(=O)C1C(C)C=CCC1(C)C. The van der Waals surface area contributed by atoms with E-state index in [1.165, 1.54) is 0 Å². The number of esters is 1. The fourth-order valence-electron chi connectivity index (χ4n) is 6.89. The molecule has 5 nitrogen and oxygen atoms in total. The monoisotopic (exact) mass is 576 g/mol. The van der Waals surface area contributed by atoms with Crippen LogP contribution in [0.5, 0.6) is 0 Å². The smallest absolute Gasteiger partial charge is 0.317 e. The lowest BCUT2D eigenvalue weighted by Crippen LogP contribution is -2.40. The highest BCUT2D eigenvalue weighted by atomic mass is 16.5. The predicted molar refractivity (Wildman–Crippen MR) is 170 cm³/mol. The van der Waals surface area contributed by atoms with Gasteiger partial charge in [-0.1, -0.05) is 109 Å². The molecule has 42 heavy (non-hydrogen) atoms. The van der Waals surface area contributed by atoms with E-state index < -0.39 is 17.8 Å². The Labute approximate surface area is 253 Å². The molecule has 0 aliphatic heterocycles. The maximum atomic E-state index is 13.2. The van der Waals surface area contributed by atoms with Crippen molar-refractivity contribution in [3.63, 3.8) is 0 Å². The van der Waals surface area contributed by atoms with Crippen LogP contribution in [0.1, 0.15) is 91.9 Å². The van der Waals surface area contributed by atoms with Crippen molar-refractivity contribution in [1.82, 2.24) is 0 Å². The summed E-state index contributed by atoms with van der Waals surface area (Å²) < 4.78 is 5.17. The van der Waals surface area contributed by atoms with Crippen LogP contribution in [0.3, 0.4) is 0 Å². The predicted octanol–water partition coefficient (Wildman–Crippen LogP) is 8.25. The molecular formula is C37H52O5. The van der Waals surface area contributed by atoms with Crippen molar-refractivity contribution in [2.45, 2.75) is 81.6 Å². The molecule has 0 spiro atoms. The molecule has 0 amide bonds. The van der Waals surface area contributed by atoms with E-state index >= 15 is 0 Å². The average Bonchev–Trinajstić information content (AvgIpc) is 2.88. The lowest BCUT2D eigenvalue weighted by atomic mass is 9.64. The maximum Gasteiger partial charge on any atom is 0.317 e. The Balaban J connectivity index is 0.000000369. The molecule has 0 N–H and O–H groups in total. The second kappa shape index (κ2) is 15.4. The average molecular weight is 577 g/mol. The molecule has 6 unspecified atom stereocenters. The highest BCUT2D eigenvalue weighted by molar-refractivity contribution is 6.09. The molecule has 0 radical (unpaired) electrons. The van der Waals surface area contributed by atoms with Crippen molar-refractivity contribution in [2.24, 2.45) is 46.3 Å². The molecule has 3 rings (SSSR count). The van der Waals surface area contributed by atoms with Gasteiger partial charge in [-0.05, 0) is 61.3 Å². The molecule has 0 saturated carbocycles. The molecule has 230 valence electrons. The fourth-order valence-corrected chi connectivity index (χ4v) is 6.89. The van der Waals surface area contributed by atoms with Gasteiger partial charge in [-0.2, -0.15) is 0 Å². The molecule has 5 heteroatoms. The maximum absolute atomic E-state index is 13.2. The minimum Gasteiger partial charge on any atom is -0.465 e. The third kappa shape index (κ3) is 8.96. The van der Waals surface area contributed by atoms with Gasteiger partial charge in [0.15, 0.2) is 11.6 Å². The first-order valence-electron chi connectivity index (χ1n) is 15.5. The molecule has 0 saturated heterocycles. The van der Waals surface area contributed by atoms with Crippen molar-refractivity contribution in [2.75, 3.05) is 6.61 Å². The van der Waals surface area contributed by atoms with E-state index in [2.05, 4.69) is 65.8 Å². The zero-order chi connectivity index (χ0) is 31.7. The van der Waals surface area contributed by atoms with Crippen LogP contribution in [0.25, 0.3) is 0 Å². The van der Waals surface area contributed by atoms with E-state index in [9.17, 15) is 19.2 Å². The normalized spacial score (nSPS) is 25.5. The molecular weight excluding hydrogens is 524 g/mol. The zero-order valence-corrected chi connectivity index (χ0v) is 27.2. The summed E-state index contributed by atoms with van der Waals surface area (Å²) in [5, 5.41) is 0. The lowest BCUT2D eigenvalue weighted by molar-refractivity contribution is -0.148. The molecule has 0 bridgehead atoms. The summed E-state index contributed by atoms with van der Waals surface area (Å²) in [5.41, 5.74) is 0.438. The van der Waals surface area contributed by atoms with Crippen LogP contribution >= 0.6 is 0 Å². The first-order chi connectivity index (χ1) is 19.7. The third-order valence-corrected chi connectivity index (χ3v) is 8.86. The summed E-state index contributed by atoms with van der Waals surface area (Å²) in [5.74, 6) is -1.30. The van der Waals surface area contributed by atoms with E-state index in [-0.39, 0.29) is 59.0 Å². The van der Waals surface area contributed by atoms with Gasteiger partial charge in [-0.15, -0.1) is 0 Å². The molecule has 0 heterocycles. The first-order valence-corrected chi connectivity index (χ1v) is 15.5. The van der Waals surface area contributed by atoms with E-state index in [4.69, 9.17) is 4.74 Å². The van der Waals surface area contributed by atoms with Crippen LogP contribution in [0.4, 0.5) is 0 Å². The zero-order valence-electron chi connectivity index (χ0n) is 27.2. The van der Waals surface area contributed by atoms with Gasteiger partial charge in [-0.3, -0.25) is 19.2 Å². The molecule has 2 aliphatic carbocycles. The molecule has 2 aliphatic rings. The highest BCUT2D eigenvalue weighted by Crippen LogP contribution is 2.43. The van der Waals surface area contributed by atoms with Crippen LogP contribution in [-0.4, -0.2) is 29.9 Å². The van der Waals surface area contributed by atoms with Crippen molar-refractivity contribution in [3.05, 3.63) is 72.4 Å². The molecule has 6 atom stereocenters. The Morgan fingerprint density at radius 1 is 0.905 bits per heavy atom. The van der Waals surface area contributed by atoms with Crippen LogP contribution in [0, 0.1) is 46.3 Å². The number of ether oxygens (including phenoxy) is 1. The van der Waals surface area contributed by atoms with E-state index in [0.717, 1.165) is 12.8 Å². The number of hydrogen-bond donors (Lipinski definition) is 0. The Bertz CT molecular complexity index is 1170. The Morgan fingerprint density at radius 3 is 1.90 bits per heavy atom. The quantitative estimate of drug-likeness (QED) is 0.0921. The summed E-state index contributed by atoms with van der Waals surface area (Å²) in [4.78, 5) is 50.7. The third-order valence-electron chi connectivity index (χ3n) is 8.86. The summed E-state index contributed by atoms with van der Waals surface area (Å²) in [6.45, 7) is 18.4. The second-order valence-electron chi connectivity index (χ2n) is 13.4. The number of Topliss-reactive ketones (excluding diaryl/α,β-unsaturated/α-hetero) is 2. The molecule has 0 aromatic heterocycles. The van der Waals surface area contributed by atoms with Crippen LogP contribution in [0.2, 0.25) is 0 Å². The Morgan fingerprint density at radius 2 is 1.43 bits per heavy atom. The fraction of sp³-hybridized carbons (Fsp3) is 0.568. The second-order valence-corrected chi connectivity index (χ2v) is 13.4. The number of benzene rings is 1. The topological polar surface area (TPSA) is 77.5 Å². The van der Waals surface area contributed by atoms with Gasteiger partial charge in [0.25, 0.3) is 0 Å². The summed E-state index contributed by atoms with van der Waals surface area (Å²) in [6.07, 6.45) is 14.2. The van der Waals surface area contributed by atoms with Gasteiger partial charge in [0.05, 0.1) is 6.61 Å².